The molecule has 1 unspecified atom stereocenters. The van der Waals surface area contributed by atoms with Crippen LogP contribution in [0.2, 0.25) is 0 Å². The first-order valence-electron chi connectivity index (χ1n) is 5.53. The van der Waals surface area contributed by atoms with E-state index in [1.165, 1.54) is 0 Å². The Kier molecular flexibility index (Phi) is 5.02. The lowest BCUT2D eigenvalue weighted by Crippen LogP contribution is -2.17. The minimum Gasteiger partial charge on any atom is -0.323 e. The maximum Gasteiger partial charge on any atom is 0.247 e. The lowest BCUT2D eigenvalue weighted by molar-refractivity contribution is -0.116. The second-order valence-corrected chi connectivity index (χ2v) is 6.09. The molecule has 0 radical (unpaired) electrons. The van der Waals surface area contributed by atoms with E-state index in [4.69, 9.17) is 11.6 Å². The van der Waals surface area contributed by atoms with Crippen LogP contribution in [0.15, 0.2) is 57.5 Å². The van der Waals surface area contributed by atoms with Gasteiger partial charge in [-0.1, -0.05) is 46.3 Å². The Balaban J connectivity index is 2.15. The molecule has 2 rings (SSSR count). The van der Waals surface area contributed by atoms with Gasteiger partial charge in [-0.15, -0.1) is 11.6 Å². The van der Waals surface area contributed by atoms with Crippen molar-refractivity contribution in [2.75, 3.05) is 5.32 Å². The average Bonchev–Trinajstić information content (AvgIpc) is 2.43. The number of rotatable bonds is 3. The first-order chi connectivity index (χ1) is 9.08. The van der Waals surface area contributed by atoms with E-state index in [-0.39, 0.29) is 5.91 Å². The second-order valence-electron chi connectivity index (χ2n) is 3.89. The van der Waals surface area contributed by atoms with E-state index in [0.717, 1.165) is 14.5 Å². The zero-order chi connectivity index (χ0) is 13.8. The normalized spacial score (nSPS) is 11.9. The fraction of sp³-hybridized carbons (Fsp3) is 0.0714. The number of carbonyl (C=O) groups excluding carboxylic acids is 1. The molecule has 0 saturated heterocycles. The number of benzene rings is 2. The van der Waals surface area contributed by atoms with Crippen LogP contribution in [-0.2, 0) is 4.79 Å². The molecule has 19 heavy (non-hydrogen) atoms. The first-order valence-corrected chi connectivity index (χ1v) is 7.55. The fourth-order valence-corrected chi connectivity index (χ4v) is 2.47. The van der Waals surface area contributed by atoms with Crippen LogP contribution in [0.5, 0.6) is 0 Å². The van der Waals surface area contributed by atoms with Gasteiger partial charge in [-0.2, -0.15) is 0 Å². The molecular formula is C14H10Br2ClNO. The molecule has 2 aromatic carbocycles. The van der Waals surface area contributed by atoms with E-state index >= 15 is 0 Å². The minimum atomic E-state index is -0.716. The van der Waals surface area contributed by atoms with Gasteiger partial charge in [0.15, 0.2) is 0 Å². The molecule has 0 heterocycles. The van der Waals surface area contributed by atoms with Crippen LogP contribution in [-0.4, -0.2) is 5.91 Å². The van der Waals surface area contributed by atoms with Crippen molar-refractivity contribution in [2.45, 2.75) is 5.38 Å². The molecule has 0 aliphatic carbocycles. The Labute approximate surface area is 133 Å². The van der Waals surface area contributed by atoms with Crippen LogP contribution >= 0.6 is 43.5 Å². The summed E-state index contributed by atoms with van der Waals surface area (Å²) in [6.07, 6.45) is 0. The van der Waals surface area contributed by atoms with Crippen LogP contribution in [0.3, 0.4) is 0 Å². The molecule has 2 nitrogen and oxygen atoms in total. The summed E-state index contributed by atoms with van der Waals surface area (Å²) < 4.78 is 1.69. The zero-order valence-electron chi connectivity index (χ0n) is 9.74. The molecule has 98 valence electrons. The van der Waals surface area contributed by atoms with Gasteiger partial charge >= 0.3 is 0 Å². The number of halogens is 3. The highest BCUT2D eigenvalue weighted by molar-refractivity contribution is 9.11. The number of nitrogens with one attached hydrogen (secondary N) is 1. The first kappa shape index (κ1) is 14.6. The average molecular weight is 404 g/mol. The molecule has 5 heteroatoms. The molecular weight excluding hydrogens is 393 g/mol. The Morgan fingerprint density at radius 2 is 1.79 bits per heavy atom. The van der Waals surface area contributed by atoms with Gasteiger partial charge in [0.1, 0.15) is 5.38 Å². The quantitative estimate of drug-likeness (QED) is 0.708. The van der Waals surface area contributed by atoms with Crippen molar-refractivity contribution in [3.8, 4) is 0 Å². The third kappa shape index (κ3) is 3.81. The lowest BCUT2D eigenvalue weighted by Gasteiger charge is -2.12. The molecule has 1 amide bonds. The molecule has 0 bridgehead atoms. The maximum atomic E-state index is 12.1. The zero-order valence-corrected chi connectivity index (χ0v) is 13.7. The monoisotopic (exact) mass is 401 g/mol. The number of hydrogen-bond acceptors (Lipinski definition) is 1. The van der Waals surface area contributed by atoms with Gasteiger partial charge in [-0.25, -0.2) is 0 Å². The van der Waals surface area contributed by atoms with Crippen molar-refractivity contribution < 1.29 is 4.79 Å². The number of anilines is 1. The number of hydrogen-bond donors (Lipinski definition) is 1. The van der Waals surface area contributed by atoms with Crippen molar-refractivity contribution >= 4 is 55.1 Å². The third-order valence-electron chi connectivity index (χ3n) is 2.51. The van der Waals surface area contributed by atoms with Crippen LogP contribution in [0.1, 0.15) is 10.9 Å². The summed E-state index contributed by atoms with van der Waals surface area (Å²) in [5.41, 5.74) is 1.45. The van der Waals surface area contributed by atoms with Crippen molar-refractivity contribution in [1.29, 1.82) is 0 Å². The number of alkyl halides is 1. The smallest absolute Gasteiger partial charge is 0.247 e. The van der Waals surface area contributed by atoms with Crippen LogP contribution in [0.25, 0.3) is 0 Å². The molecule has 0 spiro atoms. The minimum absolute atomic E-state index is 0.258. The van der Waals surface area contributed by atoms with Gasteiger partial charge in [0.2, 0.25) is 5.91 Å². The van der Waals surface area contributed by atoms with Gasteiger partial charge in [0.25, 0.3) is 0 Å². The van der Waals surface area contributed by atoms with Crippen molar-refractivity contribution in [2.24, 2.45) is 0 Å². The number of carbonyl (C=O) groups is 1. The van der Waals surface area contributed by atoms with E-state index in [0.29, 0.717) is 5.69 Å². The maximum absolute atomic E-state index is 12.1. The molecule has 0 aliphatic heterocycles. The van der Waals surface area contributed by atoms with Crippen LogP contribution in [0, 0.1) is 0 Å². The summed E-state index contributed by atoms with van der Waals surface area (Å²) in [7, 11) is 0. The van der Waals surface area contributed by atoms with E-state index in [9.17, 15) is 4.79 Å². The van der Waals surface area contributed by atoms with Gasteiger partial charge in [-0.3, -0.25) is 4.79 Å². The molecule has 0 aromatic heterocycles. The van der Waals surface area contributed by atoms with Crippen LogP contribution in [0.4, 0.5) is 5.69 Å². The predicted octanol–water partition coefficient (Wildman–Crippen LogP) is 5.13. The lowest BCUT2D eigenvalue weighted by atomic mass is 10.1. The van der Waals surface area contributed by atoms with E-state index in [1.807, 2.05) is 48.5 Å². The van der Waals surface area contributed by atoms with E-state index in [2.05, 4.69) is 37.2 Å². The SMILES string of the molecule is O=C(Nc1cc(Br)ccc1Br)C(Cl)c1ccccc1. The summed E-state index contributed by atoms with van der Waals surface area (Å²) in [4.78, 5) is 12.1. The summed E-state index contributed by atoms with van der Waals surface area (Å²) in [5.74, 6) is -0.258. The predicted molar refractivity (Wildman–Crippen MR) is 85.5 cm³/mol. The van der Waals surface area contributed by atoms with Gasteiger partial charge in [0, 0.05) is 8.95 Å². The Morgan fingerprint density at radius 3 is 2.47 bits per heavy atom. The summed E-state index contributed by atoms with van der Waals surface area (Å²) >= 11 is 12.9. The molecule has 1 N–H and O–H groups in total. The summed E-state index contributed by atoms with van der Waals surface area (Å²) in [5, 5.41) is 2.09. The van der Waals surface area contributed by atoms with Gasteiger partial charge in [-0.05, 0) is 39.7 Å². The highest BCUT2D eigenvalue weighted by atomic mass is 79.9. The van der Waals surface area contributed by atoms with E-state index < -0.39 is 5.38 Å². The number of amides is 1. The van der Waals surface area contributed by atoms with Crippen LogP contribution < -0.4 is 5.32 Å². The topological polar surface area (TPSA) is 29.1 Å². The summed E-state index contributed by atoms with van der Waals surface area (Å²) in [6, 6.07) is 14.8. The third-order valence-corrected chi connectivity index (χ3v) is 4.14. The Hall–Kier alpha value is -0.840. The van der Waals surface area contributed by atoms with Gasteiger partial charge < -0.3 is 5.32 Å². The largest absolute Gasteiger partial charge is 0.323 e. The molecule has 0 aliphatic rings. The van der Waals surface area contributed by atoms with Gasteiger partial charge in [0.05, 0.1) is 5.69 Å². The fourth-order valence-electron chi connectivity index (χ4n) is 1.56. The second kappa shape index (κ2) is 6.55. The highest BCUT2D eigenvalue weighted by Crippen LogP contribution is 2.28. The highest BCUT2D eigenvalue weighted by Gasteiger charge is 2.18. The summed E-state index contributed by atoms with van der Waals surface area (Å²) in [6.45, 7) is 0. The molecule has 0 fully saturated rings. The van der Waals surface area contributed by atoms with Crippen molar-refractivity contribution in [1.82, 2.24) is 0 Å². The van der Waals surface area contributed by atoms with Crippen molar-refractivity contribution in [3.63, 3.8) is 0 Å². The molecule has 0 saturated carbocycles. The Bertz CT molecular complexity index is 589. The molecule has 2 aromatic rings. The standard InChI is InChI=1S/C14H10Br2ClNO/c15-10-6-7-11(16)12(8-10)18-14(19)13(17)9-4-2-1-3-5-9/h1-8,13H,(H,18,19). The van der Waals surface area contributed by atoms with Crippen molar-refractivity contribution in [3.05, 3.63) is 63.0 Å². The van der Waals surface area contributed by atoms with E-state index in [1.54, 1.807) is 0 Å². The molecule has 1 atom stereocenters. The Morgan fingerprint density at radius 1 is 1.11 bits per heavy atom.